The fraction of sp³-hybridized carbons (Fsp3) is 0.350. The predicted molar refractivity (Wildman–Crippen MR) is 114 cm³/mol. The molecule has 1 aromatic carbocycles. The number of hydrogen-bond donors (Lipinski definition) is 3. The molecule has 3 N–H and O–H groups in total. The SMILES string of the molecule is C=Cc1ncc(NCCN(C)C)nc1N1c2ccccc2N[C@@H]1CC(=O)NC. The van der Waals surface area contributed by atoms with E-state index in [0.717, 1.165) is 24.5 Å². The Morgan fingerprint density at radius 1 is 1.39 bits per heavy atom. The van der Waals surface area contributed by atoms with Crippen molar-refractivity contribution >= 4 is 35.0 Å². The maximum Gasteiger partial charge on any atom is 0.223 e. The second kappa shape index (κ2) is 8.71. The zero-order chi connectivity index (χ0) is 20.1. The van der Waals surface area contributed by atoms with Gasteiger partial charge in [0.25, 0.3) is 0 Å². The fourth-order valence-corrected chi connectivity index (χ4v) is 3.10. The number of amides is 1. The van der Waals surface area contributed by atoms with E-state index in [0.29, 0.717) is 17.3 Å². The van der Waals surface area contributed by atoms with Gasteiger partial charge >= 0.3 is 0 Å². The predicted octanol–water partition coefficient (Wildman–Crippen LogP) is 2.12. The van der Waals surface area contributed by atoms with Crippen LogP contribution in [0.15, 0.2) is 37.0 Å². The molecule has 0 fully saturated rings. The molecule has 1 amide bonds. The topological polar surface area (TPSA) is 85.4 Å². The summed E-state index contributed by atoms with van der Waals surface area (Å²) in [6.45, 7) is 5.52. The molecule has 0 saturated carbocycles. The van der Waals surface area contributed by atoms with E-state index in [1.807, 2.05) is 43.3 Å². The molecule has 1 aromatic heterocycles. The van der Waals surface area contributed by atoms with Gasteiger partial charge in [0.1, 0.15) is 17.7 Å². The largest absolute Gasteiger partial charge is 0.367 e. The summed E-state index contributed by atoms with van der Waals surface area (Å²) >= 11 is 0. The number of para-hydroxylation sites is 2. The molecule has 8 nitrogen and oxygen atoms in total. The van der Waals surface area contributed by atoms with Gasteiger partial charge in [0.05, 0.1) is 24.0 Å². The lowest BCUT2D eigenvalue weighted by Crippen LogP contribution is -2.37. The third-order valence-electron chi connectivity index (χ3n) is 4.52. The number of carbonyl (C=O) groups is 1. The Bertz CT molecular complexity index is 852. The van der Waals surface area contributed by atoms with Crippen molar-refractivity contribution < 1.29 is 4.79 Å². The lowest BCUT2D eigenvalue weighted by atomic mass is 10.2. The molecule has 0 aliphatic carbocycles. The summed E-state index contributed by atoms with van der Waals surface area (Å²) in [4.78, 5) is 25.5. The highest BCUT2D eigenvalue weighted by Crippen LogP contribution is 2.41. The second-order valence-electron chi connectivity index (χ2n) is 6.82. The highest BCUT2D eigenvalue weighted by Gasteiger charge is 2.33. The number of hydrogen-bond acceptors (Lipinski definition) is 7. The molecule has 1 atom stereocenters. The number of benzene rings is 1. The normalized spacial score (nSPS) is 15.1. The molecule has 2 aromatic rings. The van der Waals surface area contributed by atoms with Crippen LogP contribution in [-0.4, -0.2) is 61.2 Å². The highest BCUT2D eigenvalue weighted by atomic mass is 16.1. The standard InChI is InChI=1S/C20H27N7O/c1-5-14-20(25-17(13-23-14)22-10-11-26(3)4)27-16-9-7-6-8-15(16)24-18(27)12-19(28)21-2/h5-9,13,18,24H,1,10-12H2,2-4H3,(H,21,28)(H,22,25)/t18-/m0/s1. The van der Waals surface area contributed by atoms with Crippen molar-refractivity contribution in [1.82, 2.24) is 20.2 Å². The molecule has 0 radical (unpaired) electrons. The lowest BCUT2D eigenvalue weighted by Gasteiger charge is -2.27. The molecule has 3 rings (SSSR count). The van der Waals surface area contributed by atoms with E-state index in [-0.39, 0.29) is 18.5 Å². The summed E-state index contributed by atoms with van der Waals surface area (Å²) in [6.07, 6.45) is 3.41. The van der Waals surface area contributed by atoms with Crippen LogP contribution in [-0.2, 0) is 4.79 Å². The molecule has 8 heteroatoms. The van der Waals surface area contributed by atoms with Crippen molar-refractivity contribution in [3.05, 3.63) is 42.7 Å². The molecular weight excluding hydrogens is 354 g/mol. The van der Waals surface area contributed by atoms with Crippen LogP contribution < -0.4 is 20.9 Å². The van der Waals surface area contributed by atoms with Gasteiger partial charge < -0.3 is 25.8 Å². The number of fused-ring (bicyclic) bond motifs is 1. The number of likely N-dealkylation sites (N-methyl/N-ethyl adjacent to an activating group) is 1. The van der Waals surface area contributed by atoms with Gasteiger partial charge in [-0.25, -0.2) is 9.97 Å². The molecule has 0 spiro atoms. The van der Waals surface area contributed by atoms with Gasteiger partial charge in [0.2, 0.25) is 5.91 Å². The Hall–Kier alpha value is -3.13. The first-order valence-corrected chi connectivity index (χ1v) is 9.27. The summed E-state index contributed by atoms with van der Waals surface area (Å²) in [5, 5.41) is 9.41. The summed E-state index contributed by atoms with van der Waals surface area (Å²) in [5.74, 6) is 1.30. The van der Waals surface area contributed by atoms with Crippen LogP contribution in [0.4, 0.5) is 23.0 Å². The zero-order valence-electron chi connectivity index (χ0n) is 16.6. The van der Waals surface area contributed by atoms with E-state index in [2.05, 4.69) is 32.4 Å². The quantitative estimate of drug-likeness (QED) is 0.646. The van der Waals surface area contributed by atoms with E-state index in [4.69, 9.17) is 4.98 Å². The Labute approximate surface area is 165 Å². The molecule has 1 aliphatic rings. The molecule has 148 valence electrons. The van der Waals surface area contributed by atoms with E-state index >= 15 is 0 Å². The summed E-state index contributed by atoms with van der Waals surface area (Å²) < 4.78 is 0. The smallest absolute Gasteiger partial charge is 0.223 e. The summed E-state index contributed by atoms with van der Waals surface area (Å²) in [7, 11) is 5.69. The Morgan fingerprint density at radius 3 is 2.89 bits per heavy atom. The van der Waals surface area contributed by atoms with Crippen LogP contribution in [0.1, 0.15) is 12.1 Å². The molecule has 28 heavy (non-hydrogen) atoms. The van der Waals surface area contributed by atoms with Crippen molar-refractivity contribution in [2.24, 2.45) is 0 Å². The monoisotopic (exact) mass is 381 g/mol. The number of carbonyl (C=O) groups excluding carboxylic acids is 1. The average Bonchev–Trinajstić information content (AvgIpc) is 3.05. The van der Waals surface area contributed by atoms with Crippen LogP contribution in [0.3, 0.4) is 0 Å². The first kappa shape index (κ1) is 19.6. The number of anilines is 4. The fourth-order valence-electron chi connectivity index (χ4n) is 3.10. The van der Waals surface area contributed by atoms with Gasteiger partial charge in [-0.15, -0.1) is 0 Å². The van der Waals surface area contributed by atoms with Crippen molar-refractivity contribution in [2.75, 3.05) is 49.8 Å². The first-order chi connectivity index (χ1) is 13.5. The Morgan fingerprint density at radius 2 is 2.18 bits per heavy atom. The number of aromatic nitrogens is 2. The zero-order valence-corrected chi connectivity index (χ0v) is 16.6. The Balaban J connectivity index is 1.97. The number of nitrogens with zero attached hydrogens (tertiary/aromatic N) is 4. The van der Waals surface area contributed by atoms with Crippen molar-refractivity contribution in [2.45, 2.75) is 12.6 Å². The highest BCUT2D eigenvalue weighted by molar-refractivity contribution is 5.86. The summed E-state index contributed by atoms with van der Waals surface area (Å²) in [6, 6.07) is 7.93. The molecule has 0 unspecified atom stereocenters. The first-order valence-electron chi connectivity index (χ1n) is 9.27. The van der Waals surface area contributed by atoms with Crippen LogP contribution in [0.2, 0.25) is 0 Å². The van der Waals surface area contributed by atoms with Crippen molar-refractivity contribution in [3.63, 3.8) is 0 Å². The van der Waals surface area contributed by atoms with Gasteiger partial charge in [-0.2, -0.15) is 0 Å². The van der Waals surface area contributed by atoms with E-state index in [1.54, 1.807) is 19.3 Å². The van der Waals surface area contributed by atoms with Crippen LogP contribution >= 0.6 is 0 Å². The molecular formula is C20H27N7O. The van der Waals surface area contributed by atoms with Gasteiger partial charge in [-0.1, -0.05) is 18.7 Å². The van der Waals surface area contributed by atoms with Gasteiger partial charge in [-0.3, -0.25) is 4.79 Å². The number of nitrogens with one attached hydrogen (secondary N) is 3. The van der Waals surface area contributed by atoms with Crippen LogP contribution in [0, 0.1) is 0 Å². The number of rotatable bonds is 8. The van der Waals surface area contributed by atoms with Gasteiger partial charge in [-0.05, 0) is 32.3 Å². The van der Waals surface area contributed by atoms with Crippen LogP contribution in [0.5, 0.6) is 0 Å². The second-order valence-corrected chi connectivity index (χ2v) is 6.82. The maximum absolute atomic E-state index is 12.1. The van der Waals surface area contributed by atoms with E-state index in [9.17, 15) is 4.79 Å². The minimum atomic E-state index is -0.262. The van der Waals surface area contributed by atoms with Gasteiger partial charge in [0.15, 0.2) is 5.82 Å². The maximum atomic E-state index is 12.1. The van der Waals surface area contributed by atoms with E-state index < -0.39 is 0 Å². The van der Waals surface area contributed by atoms with Crippen molar-refractivity contribution in [3.8, 4) is 0 Å². The third kappa shape index (κ3) is 4.23. The summed E-state index contributed by atoms with van der Waals surface area (Å²) in [5.41, 5.74) is 2.58. The lowest BCUT2D eigenvalue weighted by molar-refractivity contribution is -0.120. The molecule has 0 bridgehead atoms. The minimum Gasteiger partial charge on any atom is -0.367 e. The molecule has 2 heterocycles. The third-order valence-corrected chi connectivity index (χ3v) is 4.52. The van der Waals surface area contributed by atoms with Crippen LogP contribution in [0.25, 0.3) is 6.08 Å². The average molecular weight is 381 g/mol. The van der Waals surface area contributed by atoms with Gasteiger partial charge in [0, 0.05) is 20.1 Å². The minimum absolute atomic E-state index is 0.0521. The molecule has 0 saturated heterocycles. The molecule has 1 aliphatic heterocycles. The Kier molecular flexibility index (Phi) is 6.10. The van der Waals surface area contributed by atoms with Crippen molar-refractivity contribution in [1.29, 1.82) is 0 Å². The van der Waals surface area contributed by atoms with E-state index in [1.165, 1.54) is 0 Å².